The first kappa shape index (κ1) is 19.9. The highest BCUT2D eigenvalue weighted by Crippen LogP contribution is 2.19. The van der Waals surface area contributed by atoms with Crippen molar-refractivity contribution in [3.05, 3.63) is 99.1 Å². The first-order valence-electron chi connectivity index (χ1n) is 8.96. The Hall–Kier alpha value is -3.80. The summed E-state index contributed by atoms with van der Waals surface area (Å²) in [5.41, 5.74) is 3.90. The van der Waals surface area contributed by atoms with E-state index in [0.29, 0.717) is 11.3 Å². The second kappa shape index (κ2) is 8.93. The minimum atomic E-state index is -0.857. The van der Waals surface area contributed by atoms with E-state index in [1.807, 2.05) is 38.4 Å². The molecule has 6 heteroatoms. The van der Waals surface area contributed by atoms with Gasteiger partial charge >= 0.3 is 5.69 Å². The van der Waals surface area contributed by atoms with Gasteiger partial charge in [-0.25, -0.2) is 0 Å². The molecule has 0 atom stereocenters. The number of anilines is 1. The number of hydrogen-bond donors (Lipinski definition) is 0. The molecule has 3 rings (SSSR count). The molecule has 0 unspecified atom stereocenters. The topological polar surface area (TPSA) is 59.3 Å². The Morgan fingerprint density at radius 2 is 1.52 bits per heavy atom. The largest absolute Gasteiger partial charge is 0.378 e. The quantitative estimate of drug-likeness (QED) is 0.410. The van der Waals surface area contributed by atoms with Gasteiger partial charge in [0.05, 0.1) is 10.6 Å². The van der Waals surface area contributed by atoms with Crippen LogP contribution in [0.4, 0.5) is 15.8 Å². The molecule has 0 spiro atoms. The Balaban J connectivity index is 1.66. The molecule has 2 aromatic carbocycles. The fourth-order valence-electron chi connectivity index (χ4n) is 2.65. The molecule has 3 aromatic rings. The van der Waals surface area contributed by atoms with Crippen LogP contribution in [0.1, 0.15) is 22.4 Å². The maximum absolute atomic E-state index is 13.7. The third kappa shape index (κ3) is 5.35. The molecular weight excluding hydrogens is 369 g/mol. The van der Waals surface area contributed by atoms with Crippen molar-refractivity contribution in [1.82, 2.24) is 4.98 Å². The average Bonchev–Trinajstić information content (AvgIpc) is 2.71. The lowest BCUT2D eigenvalue weighted by atomic mass is 10.1. The van der Waals surface area contributed by atoms with Crippen molar-refractivity contribution in [2.24, 2.45) is 0 Å². The van der Waals surface area contributed by atoms with Gasteiger partial charge < -0.3 is 4.90 Å². The smallest absolute Gasteiger partial charge is 0.304 e. The van der Waals surface area contributed by atoms with E-state index < -0.39 is 16.4 Å². The number of nitro groups is 1. The predicted molar refractivity (Wildman–Crippen MR) is 116 cm³/mol. The van der Waals surface area contributed by atoms with Crippen LogP contribution < -0.4 is 4.90 Å². The second-order valence-corrected chi connectivity index (χ2v) is 6.64. The summed E-state index contributed by atoms with van der Waals surface area (Å²) in [6.45, 7) is 0. The van der Waals surface area contributed by atoms with Gasteiger partial charge in [-0.2, -0.15) is 4.39 Å². The summed E-state index contributed by atoms with van der Waals surface area (Å²) < 4.78 is 13.7. The summed E-state index contributed by atoms with van der Waals surface area (Å²) >= 11 is 0. The molecule has 1 aromatic heterocycles. The number of rotatable bonds is 6. The molecule has 0 saturated carbocycles. The normalized spacial score (nSPS) is 11.3. The second-order valence-electron chi connectivity index (χ2n) is 6.64. The number of nitro benzene ring substituents is 1. The minimum Gasteiger partial charge on any atom is -0.378 e. The molecule has 0 aliphatic heterocycles. The molecule has 0 fully saturated rings. The van der Waals surface area contributed by atoms with Gasteiger partial charge in [0.2, 0.25) is 5.82 Å². The molecule has 146 valence electrons. The Morgan fingerprint density at radius 1 is 0.897 bits per heavy atom. The Bertz CT molecular complexity index is 1060. The molecule has 0 saturated heterocycles. The van der Waals surface area contributed by atoms with Crippen molar-refractivity contribution in [3.8, 4) is 0 Å². The number of hydrogen-bond acceptors (Lipinski definition) is 4. The molecule has 0 bridgehead atoms. The van der Waals surface area contributed by atoms with Crippen molar-refractivity contribution in [3.63, 3.8) is 0 Å². The van der Waals surface area contributed by atoms with Crippen LogP contribution in [0.25, 0.3) is 24.3 Å². The number of nitrogens with zero attached hydrogens (tertiary/aromatic N) is 3. The summed E-state index contributed by atoms with van der Waals surface area (Å²) in [6, 6.07) is 15.8. The van der Waals surface area contributed by atoms with Crippen molar-refractivity contribution in [2.75, 3.05) is 19.0 Å². The number of aromatic nitrogens is 1. The first-order valence-corrected chi connectivity index (χ1v) is 8.96. The van der Waals surface area contributed by atoms with Crippen LogP contribution in [-0.2, 0) is 0 Å². The fourth-order valence-corrected chi connectivity index (χ4v) is 2.65. The fraction of sp³-hybridized carbons (Fsp3) is 0.0870. The zero-order valence-electron chi connectivity index (χ0n) is 16.1. The molecule has 5 nitrogen and oxygen atoms in total. The molecule has 29 heavy (non-hydrogen) atoms. The van der Waals surface area contributed by atoms with Crippen LogP contribution in [0.15, 0.2) is 60.8 Å². The van der Waals surface area contributed by atoms with E-state index in [1.54, 1.807) is 18.3 Å². The summed E-state index contributed by atoms with van der Waals surface area (Å²) in [6.07, 6.45) is 9.15. The number of benzene rings is 2. The lowest BCUT2D eigenvalue weighted by Crippen LogP contribution is -2.07. The van der Waals surface area contributed by atoms with Crippen LogP contribution >= 0.6 is 0 Å². The Morgan fingerprint density at radius 3 is 2.10 bits per heavy atom. The number of pyridine rings is 1. The average molecular weight is 389 g/mol. The van der Waals surface area contributed by atoms with Crippen LogP contribution in [0.2, 0.25) is 0 Å². The maximum atomic E-state index is 13.7. The molecule has 0 aliphatic carbocycles. The van der Waals surface area contributed by atoms with Crippen LogP contribution in [-0.4, -0.2) is 24.0 Å². The van der Waals surface area contributed by atoms with Crippen LogP contribution in [0.3, 0.4) is 0 Å². The Kier molecular flexibility index (Phi) is 6.14. The molecule has 0 amide bonds. The first-order chi connectivity index (χ1) is 13.9. The van der Waals surface area contributed by atoms with E-state index in [1.165, 1.54) is 6.07 Å². The summed E-state index contributed by atoms with van der Waals surface area (Å²) in [5.74, 6) is -0.857. The predicted octanol–water partition coefficient (Wildman–Crippen LogP) is 5.54. The van der Waals surface area contributed by atoms with E-state index in [4.69, 9.17) is 0 Å². The van der Waals surface area contributed by atoms with E-state index >= 15 is 0 Å². The van der Waals surface area contributed by atoms with Gasteiger partial charge in [-0.3, -0.25) is 15.1 Å². The third-order valence-electron chi connectivity index (χ3n) is 4.30. The van der Waals surface area contributed by atoms with Crippen LogP contribution in [0, 0.1) is 15.9 Å². The highest BCUT2D eigenvalue weighted by Gasteiger charge is 2.12. The molecule has 0 aliphatic rings. The molecule has 0 radical (unpaired) electrons. The summed E-state index contributed by atoms with van der Waals surface area (Å²) in [7, 11) is 4.01. The summed E-state index contributed by atoms with van der Waals surface area (Å²) in [4.78, 5) is 16.3. The highest BCUT2D eigenvalue weighted by molar-refractivity contribution is 5.72. The van der Waals surface area contributed by atoms with Gasteiger partial charge in [-0.1, -0.05) is 36.4 Å². The zero-order chi connectivity index (χ0) is 20.8. The van der Waals surface area contributed by atoms with Crippen molar-refractivity contribution in [1.29, 1.82) is 0 Å². The SMILES string of the molecule is CN(C)c1ccc(/C=C/c2ccc(/C=C/c3ccc([N+](=O)[O-])c(F)c3)nc2)cc1. The van der Waals surface area contributed by atoms with Gasteiger partial charge in [0, 0.05) is 32.0 Å². The van der Waals surface area contributed by atoms with Crippen molar-refractivity contribution in [2.45, 2.75) is 0 Å². The maximum Gasteiger partial charge on any atom is 0.304 e. The van der Waals surface area contributed by atoms with Gasteiger partial charge in [-0.15, -0.1) is 0 Å². The van der Waals surface area contributed by atoms with Crippen molar-refractivity contribution < 1.29 is 9.31 Å². The van der Waals surface area contributed by atoms with Crippen molar-refractivity contribution >= 4 is 35.7 Å². The van der Waals surface area contributed by atoms with Gasteiger partial charge in [0.25, 0.3) is 0 Å². The van der Waals surface area contributed by atoms with E-state index in [9.17, 15) is 14.5 Å². The van der Waals surface area contributed by atoms with Gasteiger partial charge in [-0.05, 0) is 53.1 Å². The molecule has 0 N–H and O–H groups in total. The monoisotopic (exact) mass is 389 g/mol. The lowest BCUT2D eigenvalue weighted by Gasteiger charge is -2.11. The summed E-state index contributed by atoms with van der Waals surface area (Å²) in [5, 5.41) is 10.7. The third-order valence-corrected chi connectivity index (χ3v) is 4.30. The molecular formula is C23H20FN3O2. The highest BCUT2D eigenvalue weighted by atomic mass is 19.1. The van der Waals surface area contributed by atoms with E-state index in [-0.39, 0.29) is 0 Å². The minimum absolute atomic E-state index is 0.528. The van der Waals surface area contributed by atoms with Gasteiger partial charge in [0.15, 0.2) is 0 Å². The van der Waals surface area contributed by atoms with Crippen LogP contribution in [0.5, 0.6) is 0 Å². The molecule has 1 heterocycles. The standard InChI is InChI=1S/C23H20FN3O2/c1-26(2)21-12-7-17(8-13-21)3-4-19-6-11-20(25-16-19)10-5-18-9-14-23(27(28)29)22(24)15-18/h3-16H,1-2H3/b4-3+,10-5+. The van der Waals surface area contributed by atoms with Gasteiger partial charge in [0.1, 0.15) is 0 Å². The van der Waals surface area contributed by atoms with E-state index in [2.05, 4.69) is 34.1 Å². The lowest BCUT2D eigenvalue weighted by molar-refractivity contribution is -0.387. The number of halogens is 1. The van der Waals surface area contributed by atoms with E-state index in [0.717, 1.165) is 28.9 Å². The zero-order valence-corrected chi connectivity index (χ0v) is 16.1. The Labute approximate surface area is 168 Å².